The van der Waals surface area contributed by atoms with Gasteiger partial charge in [-0.05, 0) is 18.9 Å². The normalized spacial score (nSPS) is 8.67. The molecule has 1 heteroatoms. The van der Waals surface area contributed by atoms with E-state index in [9.17, 15) is 4.79 Å². The molecule has 48 valence electrons. The maximum absolute atomic E-state index is 10.5. The Hall–Kier alpha value is -1.03. The lowest BCUT2D eigenvalue weighted by Gasteiger charge is -1.72. The maximum Gasteiger partial charge on any atom is 0.228 e. The van der Waals surface area contributed by atoms with Crippen molar-refractivity contribution in [1.82, 2.24) is 0 Å². The summed E-state index contributed by atoms with van der Waals surface area (Å²) in [4.78, 5) is 10.5. The maximum atomic E-state index is 10.5. The van der Waals surface area contributed by atoms with Crippen LogP contribution < -0.4 is 0 Å². The van der Waals surface area contributed by atoms with Crippen LogP contribution in [0.1, 0.15) is 20.3 Å². The number of carbonyl (C=O) groups excluding carboxylic acids is 1. The molecule has 0 aliphatic heterocycles. The first-order chi connectivity index (χ1) is 4.31. The van der Waals surface area contributed by atoms with E-state index in [0.717, 1.165) is 6.42 Å². The molecule has 0 aliphatic rings. The van der Waals surface area contributed by atoms with Crippen molar-refractivity contribution in [3.8, 4) is 11.8 Å². The van der Waals surface area contributed by atoms with Crippen LogP contribution >= 0.6 is 0 Å². The van der Waals surface area contributed by atoms with Crippen molar-refractivity contribution in [2.45, 2.75) is 20.3 Å². The summed E-state index contributed by atoms with van der Waals surface area (Å²) in [6, 6.07) is 0. The number of allylic oxidation sites excluding steroid dienone is 2. The van der Waals surface area contributed by atoms with Gasteiger partial charge in [0.25, 0.3) is 0 Å². The highest BCUT2D eigenvalue weighted by Crippen LogP contribution is 1.74. The van der Waals surface area contributed by atoms with Crippen molar-refractivity contribution in [3.63, 3.8) is 0 Å². The van der Waals surface area contributed by atoms with Gasteiger partial charge in [0.05, 0.1) is 0 Å². The summed E-state index contributed by atoms with van der Waals surface area (Å²) in [6.45, 7) is 3.71. The second-order valence-corrected chi connectivity index (χ2v) is 1.52. The number of hydrogen-bond donors (Lipinski definition) is 0. The van der Waals surface area contributed by atoms with Gasteiger partial charge in [-0.3, -0.25) is 4.79 Å². The van der Waals surface area contributed by atoms with Gasteiger partial charge in [-0.15, -0.1) is 0 Å². The van der Waals surface area contributed by atoms with E-state index in [2.05, 4.69) is 11.8 Å². The largest absolute Gasteiger partial charge is 0.280 e. The third kappa shape index (κ3) is 4.83. The first-order valence-corrected chi connectivity index (χ1v) is 2.96. The highest BCUT2D eigenvalue weighted by Gasteiger charge is 1.81. The average Bonchev–Trinajstić information content (AvgIpc) is 1.85. The second kappa shape index (κ2) is 5.11. The summed E-state index contributed by atoms with van der Waals surface area (Å²) < 4.78 is 0. The van der Waals surface area contributed by atoms with Crippen molar-refractivity contribution in [3.05, 3.63) is 12.2 Å². The fourth-order valence-electron chi connectivity index (χ4n) is 0.369. The van der Waals surface area contributed by atoms with Crippen LogP contribution in [0, 0.1) is 11.8 Å². The predicted octanol–water partition coefficient (Wildman–Crippen LogP) is 1.54. The fraction of sp³-hybridized carbons (Fsp3) is 0.375. The topological polar surface area (TPSA) is 17.1 Å². The van der Waals surface area contributed by atoms with Crippen LogP contribution in [-0.2, 0) is 4.79 Å². The van der Waals surface area contributed by atoms with E-state index in [1.54, 1.807) is 13.0 Å². The molecule has 0 heterocycles. The Bertz CT molecular complexity index is 167. The molecule has 0 bridgehead atoms. The van der Waals surface area contributed by atoms with Gasteiger partial charge in [-0.1, -0.05) is 18.9 Å². The van der Waals surface area contributed by atoms with E-state index < -0.39 is 0 Å². The molecule has 9 heavy (non-hydrogen) atoms. The summed E-state index contributed by atoms with van der Waals surface area (Å²) in [5, 5.41) is 0. The van der Waals surface area contributed by atoms with Crippen LogP contribution in [0.4, 0.5) is 0 Å². The predicted molar refractivity (Wildman–Crippen MR) is 37.9 cm³/mol. The average molecular weight is 122 g/mol. The molecule has 0 rings (SSSR count). The van der Waals surface area contributed by atoms with Gasteiger partial charge in [0.2, 0.25) is 5.78 Å². The summed E-state index contributed by atoms with van der Waals surface area (Å²) in [6.07, 6.45) is 3.89. The van der Waals surface area contributed by atoms with Crippen LogP contribution in [0.15, 0.2) is 12.2 Å². The summed E-state index contributed by atoms with van der Waals surface area (Å²) in [7, 11) is 0. The van der Waals surface area contributed by atoms with Gasteiger partial charge in [0.15, 0.2) is 0 Å². The van der Waals surface area contributed by atoms with E-state index in [0.29, 0.717) is 0 Å². The molecule has 0 fully saturated rings. The Balaban J connectivity index is 3.77. The molecular weight excluding hydrogens is 112 g/mol. The lowest BCUT2D eigenvalue weighted by atomic mass is 10.3. The van der Waals surface area contributed by atoms with Gasteiger partial charge in [-0.2, -0.15) is 0 Å². The molecule has 0 N–H and O–H groups in total. The third-order valence-electron chi connectivity index (χ3n) is 0.706. The number of rotatable bonds is 1. The minimum atomic E-state index is -0.112. The minimum absolute atomic E-state index is 0.112. The Morgan fingerprint density at radius 3 is 2.78 bits per heavy atom. The Morgan fingerprint density at radius 1 is 1.67 bits per heavy atom. The van der Waals surface area contributed by atoms with Crippen LogP contribution in [0.5, 0.6) is 0 Å². The van der Waals surface area contributed by atoms with Gasteiger partial charge >= 0.3 is 0 Å². The molecule has 0 unspecified atom stereocenters. The smallest absolute Gasteiger partial charge is 0.228 e. The molecule has 1 nitrogen and oxygen atoms in total. The molecule has 0 atom stereocenters. The molecule has 0 aromatic carbocycles. The molecular formula is C8H10O. The van der Waals surface area contributed by atoms with Gasteiger partial charge in [-0.25, -0.2) is 0 Å². The molecule has 0 aliphatic carbocycles. The van der Waals surface area contributed by atoms with Crippen molar-refractivity contribution in [1.29, 1.82) is 0 Å². The Labute approximate surface area is 55.8 Å². The van der Waals surface area contributed by atoms with Gasteiger partial charge in [0.1, 0.15) is 0 Å². The Kier molecular flexibility index (Phi) is 4.53. The van der Waals surface area contributed by atoms with E-state index in [4.69, 9.17) is 0 Å². The highest BCUT2D eigenvalue weighted by atomic mass is 16.1. The quantitative estimate of drug-likeness (QED) is 0.293. The van der Waals surface area contributed by atoms with E-state index in [1.165, 1.54) is 6.08 Å². The van der Waals surface area contributed by atoms with E-state index in [-0.39, 0.29) is 5.78 Å². The molecule has 0 aromatic rings. The SMILES string of the molecule is C/C=C/C(=O)C#CCC. The van der Waals surface area contributed by atoms with Gasteiger partial charge < -0.3 is 0 Å². The van der Waals surface area contributed by atoms with Crippen LogP contribution in [0.2, 0.25) is 0 Å². The van der Waals surface area contributed by atoms with Crippen LogP contribution in [-0.4, -0.2) is 5.78 Å². The lowest BCUT2D eigenvalue weighted by Crippen LogP contribution is -1.83. The molecule has 0 radical (unpaired) electrons. The van der Waals surface area contributed by atoms with Gasteiger partial charge in [0, 0.05) is 6.42 Å². The van der Waals surface area contributed by atoms with Crippen molar-refractivity contribution in [2.24, 2.45) is 0 Å². The number of hydrogen-bond acceptors (Lipinski definition) is 1. The zero-order chi connectivity index (χ0) is 7.11. The number of carbonyl (C=O) groups is 1. The lowest BCUT2D eigenvalue weighted by molar-refractivity contribution is -0.109. The first-order valence-electron chi connectivity index (χ1n) is 2.96. The minimum Gasteiger partial charge on any atom is -0.280 e. The van der Waals surface area contributed by atoms with Crippen molar-refractivity contribution >= 4 is 5.78 Å². The van der Waals surface area contributed by atoms with Crippen molar-refractivity contribution in [2.75, 3.05) is 0 Å². The zero-order valence-electron chi connectivity index (χ0n) is 5.77. The van der Waals surface area contributed by atoms with Crippen LogP contribution in [0.3, 0.4) is 0 Å². The Morgan fingerprint density at radius 2 is 2.33 bits per heavy atom. The molecule has 0 aromatic heterocycles. The second-order valence-electron chi connectivity index (χ2n) is 1.52. The highest BCUT2D eigenvalue weighted by molar-refractivity contribution is 6.04. The third-order valence-corrected chi connectivity index (χ3v) is 0.706. The first kappa shape index (κ1) is 7.97. The summed E-state index contributed by atoms with van der Waals surface area (Å²) in [5.41, 5.74) is 0. The van der Waals surface area contributed by atoms with Crippen molar-refractivity contribution < 1.29 is 4.79 Å². The number of ketones is 1. The van der Waals surface area contributed by atoms with E-state index >= 15 is 0 Å². The standard InChI is InChI=1S/C8H10O/c1-3-5-7-8(9)6-4-2/h4,6H,3H2,1-2H3/b6-4+. The fourth-order valence-corrected chi connectivity index (χ4v) is 0.369. The zero-order valence-corrected chi connectivity index (χ0v) is 5.77. The van der Waals surface area contributed by atoms with E-state index in [1.807, 2.05) is 6.92 Å². The summed E-state index contributed by atoms with van der Waals surface area (Å²) >= 11 is 0. The molecule has 0 spiro atoms. The summed E-state index contributed by atoms with van der Waals surface area (Å²) in [5.74, 6) is 5.03. The molecule has 0 amide bonds. The van der Waals surface area contributed by atoms with Crippen LogP contribution in [0.25, 0.3) is 0 Å². The monoisotopic (exact) mass is 122 g/mol. The molecule has 0 saturated heterocycles. The molecule has 0 saturated carbocycles.